The lowest BCUT2D eigenvalue weighted by molar-refractivity contribution is -0.123. The van der Waals surface area contributed by atoms with E-state index in [4.69, 9.17) is 4.74 Å². The van der Waals surface area contributed by atoms with Crippen molar-refractivity contribution in [2.24, 2.45) is 5.92 Å². The molecule has 0 atom stereocenters. The van der Waals surface area contributed by atoms with Crippen molar-refractivity contribution in [3.8, 4) is 5.75 Å². The minimum atomic E-state index is -0.487. The second-order valence-electron chi connectivity index (χ2n) is 4.40. The van der Waals surface area contributed by atoms with E-state index in [9.17, 15) is 9.18 Å². The molecule has 0 spiro atoms. The van der Waals surface area contributed by atoms with Crippen molar-refractivity contribution in [1.82, 2.24) is 5.32 Å². The van der Waals surface area contributed by atoms with Gasteiger partial charge in [0.2, 0.25) is 0 Å². The molecule has 0 aliphatic rings. The van der Waals surface area contributed by atoms with Gasteiger partial charge in [-0.3, -0.25) is 4.79 Å². The lowest BCUT2D eigenvalue weighted by atomic mass is 10.1. The number of halogens is 2. The molecule has 0 fully saturated rings. The standard InChI is InChI=1S/C13H17BrFNO2/c1-9(2)5-6-16-13(17)8-18-12-4-3-10(14)7-11(12)15/h3-4,7,9H,5-6,8H2,1-2H3,(H,16,17). The number of benzene rings is 1. The average molecular weight is 318 g/mol. The Hall–Kier alpha value is -1.10. The summed E-state index contributed by atoms with van der Waals surface area (Å²) in [4.78, 5) is 11.4. The van der Waals surface area contributed by atoms with E-state index in [1.807, 2.05) is 0 Å². The molecule has 5 heteroatoms. The van der Waals surface area contributed by atoms with Crippen LogP contribution in [0.3, 0.4) is 0 Å². The van der Waals surface area contributed by atoms with Crippen molar-refractivity contribution in [3.05, 3.63) is 28.5 Å². The topological polar surface area (TPSA) is 38.3 Å². The lowest BCUT2D eigenvalue weighted by Crippen LogP contribution is -2.30. The van der Waals surface area contributed by atoms with Crippen LogP contribution in [-0.2, 0) is 4.79 Å². The quantitative estimate of drug-likeness (QED) is 0.875. The molecule has 0 bridgehead atoms. The predicted octanol–water partition coefficient (Wildman–Crippen LogP) is 3.13. The SMILES string of the molecule is CC(C)CCNC(=O)COc1ccc(Br)cc1F. The summed E-state index contributed by atoms with van der Waals surface area (Å²) in [7, 11) is 0. The number of nitrogens with one attached hydrogen (secondary N) is 1. The van der Waals surface area contributed by atoms with E-state index in [1.165, 1.54) is 12.1 Å². The molecule has 0 aliphatic heterocycles. The van der Waals surface area contributed by atoms with Gasteiger partial charge in [-0.15, -0.1) is 0 Å². The molecule has 0 saturated heterocycles. The van der Waals surface area contributed by atoms with Crippen LogP contribution in [0.25, 0.3) is 0 Å². The molecule has 0 unspecified atom stereocenters. The minimum absolute atomic E-state index is 0.0807. The molecular weight excluding hydrogens is 301 g/mol. The van der Waals surface area contributed by atoms with Crippen LogP contribution >= 0.6 is 15.9 Å². The summed E-state index contributed by atoms with van der Waals surface area (Å²) < 4.78 is 19.1. The summed E-state index contributed by atoms with van der Waals surface area (Å²) in [5.41, 5.74) is 0. The van der Waals surface area contributed by atoms with Gasteiger partial charge in [0, 0.05) is 11.0 Å². The first-order chi connectivity index (χ1) is 8.49. The molecule has 3 nitrogen and oxygen atoms in total. The Kier molecular flexibility index (Phi) is 6.12. The third-order valence-corrected chi connectivity index (χ3v) is 2.79. The molecule has 1 aromatic carbocycles. The van der Waals surface area contributed by atoms with Crippen LogP contribution in [0.5, 0.6) is 5.75 Å². The van der Waals surface area contributed by atoms with Crippen molar-refractivity contribution in [2.45, 2.75) is 20.3 Å². The maximum Gasteiger partial charge on any atom is 0.257 e. The first-order valence-corrected chi connectivity index (χ1v) is 6.63. The number of rotatable bonds is 6. The highest BCUT2D eigenvalue weighted by molar-refractivity contribution is 9.10. The Balaban J connectivity index is 2.33. The van der Waals surface area contributed by atoms with Gasteiger partial charge in [-0.2, -0.15) is 0 Å². The van der Waals surface area contributed by atoms with Crippen LogP contribution in [-0.4, -0.2) is 19.1 Å². The highest BCUT2D eigenvalue weighted by atomic mass is 79.9. The first-order valence-electron chi connectivity index (χ1n) is 5.83. The van der Waals surface area contributed by atoms with E-state index in [2.05, 4.69) is 35.1 Å². The third kappa shape index (κ3) is 5.49. The average Bonchev–Trinajstić information content (AvgIpc) is 2.27. The van der Waals surface area contributed by atoms with Gasteiger partial charge in [-0.05, 0) is 30.5 Å². The number of carbonyl (C=O) groups is 1. The molecule has 0 radical (unpaired) electrons. The van der Waals surface area contributed by atoms with E-state index < -0.39 is 5.82 Å². The molecule has 100 valence electrons. The van der Waals surface area contributed by atoms with E-state index in [-0.39, 0.29) is 18.3 Å². The number of hydrogen-bond donors (Lipinski definition) is 1. The zero-order valence-electron chi connectivity index (χ0n) is 10.5. The van der Waals surface area contributed by atoms with E-state index >= 15 is 0 Å². The van der Waals surface area contributed by atoms with E-state index in [0.717, 1.165) is 6.42 Å². The van der Waals surface area contributed by atoms with Gasteiger partial charge in [-0.25, -0.2) is 4.39 Å². The molecule has 0 aromatic heterocycles. The van der Waals surface area contributed by atoms with Crippen LogP contribution in [0.2, 0.25) is 0 Å². The number of hydrogen-bond acceptors (Lipinski definition) is 2. The van der Waals surface area contributed by atoms with Crippen molar-refractivity contribution < 1.29 is 13.9 Å². The Bertz CT molecular complexity index is 410. The van der Waals surface area contributed by atoms with Crippen molar-refractivity contribution >= 4 is 21.8 Å². The maximum absolute atomic E-state index is 13.4. The fraction of sp³-hybridized carbons (Fsp3) is 0.462. The highest BCUT2D eigenvalue weighted by Crippen LogP contribution is 2.21. The van der Waals surface area contributed by atoms with E-state index in [1.54, 1.807) is 6.07 Å². The van der Waals surface area contributed by atoms with Gasteiger partial charge < -0.3 is 10.1 Å². The van der Waals surface area contributed by atoms with Crippen molar-refractivity contribution in [3.63, 3.8) is 0 Å². The summed E-state index contributed by atoms with van der Waals surface area (Å²) >= 11 is 3.15. The van der Waals surface area contributed by atoms with Crippen LogP contribution in [0.15, 0.2) is 22.7 Å². The molecule has 0 heterocycles. The first kappa shape index (κ1) is 15.0. The number of ether oxygens (including phenoxy) is 1. The molecule has 0 aliphatic carbocycles. The zero-order chi connectivity index (χ0) is 13.5. The second kappa shape index (κ2) is 7.36. The monoisotopic (exact) mass is 317 g/mol. The molecule has 1 rings (SSSR count). The van der Waals surface area contributed by atoms with Crippen LogP contribution in [0, 0.1) is 11.7 Å². The number of carbonyl (C=O) groups excluding carboxylic acids is 1. The highest BCUT2D eigenvalue weighted by Gasteiger charge is 2.07. The van der Waals surface area contributed by atoms with Crippen LogP contribution in [0.4, 0.5) is 4.39 Å². The van der Waals surface area contributed by atoms with Gasteiger partial charge in [-0.1, -0.05) is 29.8 Å². The fourth-order valence-corrected chi connectivity index (χ4v) is 1.62. The Morgan fingerprint density at radius 1 is 1.50 bits per heavy atom. The maximum atomic E-state index is 13.4. The van der Waals surface area contributed by atoms with Gasteiger partial charge in [0.05, 0.1) is 0 Å². The zero-order valence-corrected chi connectivity index (χ0v) is 12.1. The summed E-state index contributed by atoms with van der Waals surface area (Å²) in [6.45, 7) is 4.61. The summed E-state index contributed by atoms with van der Waals surface area (Å²) in [5.74, 6) is -0.107. The summed E-state index contributed by atoms with van der Waals surface area (Å²) in [5, 5.41) is 2.72. The third-order valence-electron chi connectivity index (χ3n) is 2.30. The summed E-state index contributed by atoms with van der Waals surface area (Å²) in [6.07, 6.45) is 0.915. The van der Waals surface area contributed by atoms with Crippen molar-refractivity contribution in [2.75, 3.05) is 13.2 Å². The Morgan fingerprint density at radius 2 is 2.22 bits per heavy atom. The van der Waals surface area contributed by atoms with Gasteiger partial charge in [0.15, 0.2) is 18.2 Å². The van der Waals surface area contributed by atoms with Gasteiger partial charge in [0.1, 0.15) is 0 Å². The van der Waals surface area contributed by atoms with Crippen molar-refractivity contribution in [1.29, 1.82) is 0 Å². The molecule has 1 N–H and O–H groups in total. The molecule has 1 amide bonds. The normalized spacial score (nSPS) is 10.5. The fourth-order valence-electron chi connectivity index (χ4n) is 1.29. The van der Waals surface area contributed by atoms with Gasteiger partial charge in [0.25, 0.3) is 5.91 Å². The Morgan fingerprint density at radius 3 is 2.83 bits per heavy atom. The lowest BCUT2D eigenvalue weighted by Gasteiger charge is -2.09. The minimum Gasteiger partial charge on any atom is -0.481 e. The number of amides is 1. The second-order valence-corrected chi connectivity index (χ2v) is 5.31. The smallest absolute Gasteiger partial charge is 0.257 e. The summed E-state index contributed by atoms with van der Waals surface area (Å²) in [6, 6.07) is 4.45. The molecule has 18 heavy (non-hydrogen) atoms. The van der Waals surface area contributed by atoms with Crippen LogP contribution in [0.1, 0.15) is 20.3 Å². The van der Waals surface area contributed by atoms with Crippen LogP contribution < -0.4 is 10.1 Å². The molecule has 0 saturated carbocycles. The van der Waals surface area contributed by atoms with Gasteiger partial charge >= 0.3 is 0 Å². The Labute approximate surface area is 115 Å². The largest absolute Gasteiger partial charge is 0.481 e. The molecular formula is C13H17BrFNO2. The molecule has 1 aromatic rings. The predicted molar refractivity (Wildman–Crippen MR) is 72.1 cm³/mol. The van der Waals surface area contributed by atoms with E-state index in [0.29, 0.717) is 16.9 Å².